The number of hydrogen-bond acceptors (Lipinski definition) is 5. The highest BCUT2D eigenvalue weighted by Gasteiger charge is 2.14. The smallest absolute Gasteiger partial charge is 0.272 e. The molecule has 0 saturated heterocycles. The molecule has 0 saturated carbocycles. The van der Waals surface area contributed by atoms with Crippen molar-refractivity contribution in [2.24, 2.45) is 7.05 Å². The van der Waals surface area contributed by atoms with Crippen molar-refractivity contribution in [2.75, 3.05) is 6.54 Å². The van der Waals surface area contributed by atoms with E-state index in [1.54, 1.807) is 25.4 Å². The van der Waals surface area contributed by atoms with Crippen molar-refractivity contribution in [3.8, 4) is 0 Å². The Kier molecular flexibility index (Phi) is 4.64. The molecule has 0 bridgehead atoms. The predicted molar refractivity (Wildman–Crippen MR) is 79.0 cm³/mol. The number of benzene rings is 1. The van der Waals surface area contributed by atoms with Crippen LogP contribution in [-0.4, -0.2) is 26.2 Å². The first-order chi connectivity index (χ1) is 9.99. The van der Waals surface area contributed by atoms with Gasteiger partial charge in [0.1, 0.15) is 12.2 Å². The highest BCUT2D eigenvalue weighted by Crippen LogP contribution is 2.23. The zero-order valence-corrected chi connectivity index (χ0v) is 12.4. The average molecular weight is 289 g/mol. The fourth-order valence-corrected chi connectivity index (χ4v) is 2.14. The molecular weight excluding hydrogens is 270 g/mol. The summed E-state index contributed by atoms with van der Waals surface area (Å²) in [5.74, 6) is 0.907. The molecule has 7 nitrogen and oxygen atoms in total. The first kappa shape index (κ1) is 15.1. The van der Waals surface area contributed by atoms with E-state index in [4.69, 9.17) is 0 Å². The monoisotopic (exact) mass is 289 g/mol. The van der Waals surface area contributed by atoms with Crippen LogP contribution in [0.15, 0.2) is 24.5 Å². The SMILES string of the molecule is Cc1ccc(C(C)NCCc2nncn2C)cc1[N+](=O)[O-]. The molecule has 1 N–H and O–H groups in total. The zero-order chi connectivity index (χ0) is 15.4. The van der Waals surface area contributed by atoms with Gasteiger partial charge in [-0.25, -0.2) is 0 Å². The molecule has 0 fully saturated rings. The van der Waals surface area contributed by atoms with Crippen LogP contribution in [-0.2, 0) is 13.5 Å². The van der Waals surface area contributed by atoms with Gasteiger partial charge in [-0.2, -0.15) is 0 Å². The van der Waals surface area contributed by atoms with Gasteiger partial charge in [0.25, 0.3) is 5.69 Å². The molecule has 7 heteroatoms. The lowest BCUT2D eigenvalue weighted by molar-refractivity contribution is -0.385. The van der Waals surface area contributed by atoms with Gasteiger partial charge in [-0.3, -0.25) is 10.1 Å². The van der Waals surface area contributed by atoms with Crippen molar-refractivity contribution in [3.63, 3.8) is 0 Å². The van der Waals surface area contributed by atoms with Gasteiger partial charge in [0.2, 0.25) is 0 Å². The Morgan fingerprint density at radius 1 is 1.48 bits per heavy atom. The first-order valence-electron chi connectivity index (χ1n) is 6.80. The summed E-state index contributed by atoms with van der Waals surface area (Å²) < 4.78 is 1.88. The number of hydrogen-bond donors (Lipinski definition) is 1. The van der Waals surface area contributed by atoms with Crippen LogP contribution < -0.4 is 5.32 Å². The van der Waals surface area contributed by atoms with Crippen molar-refractivity contribution in [1.29, 1.82) is 0 Å². The third-order valence-electron chi connectivity index (χ3n) is 3.53. The molecule has 0 radical (unpaired) electrons. The topological polar surface area (TPSA) is 85.9 Å². The number of rotatable bonds is 6. The van der Waals surface area contributed by atoms with Gasteiger partial charge in [-0.05, 0) is 19.4 Å². The third kappa shape index (κ3) is 3.63. The number of nitro benzene ring substituents is 1. The van der Waals surface area contributed by atoms with E-state index >= 15 is 0 Å². The third-order valence-corrected chi connectivity index (χ3v) is 3.53. The molecule has 1 heterocycles. The molecule has 2 aromatic rings. The number of aryl methyl sites for hydroxylation is 2. The Hall–Kier alpha value is -2.28. The van der Waals surface area contributed by atoms with Gasteiger partial charge < -0.3 is 9.88 Å². The van der Waals surface area contributed by atoms with E-state index in [0.29, 0.717) is 5.56 Å². The molecule has 0 aliphatic carbocycles. The molecule has 0 aliphatic rings. The summed E-state index contributed by atoms with van der Waals surface area (Å²) >= 11 is 0. The van der Waals surface area contributed by atoms with E-state index in [9.17, 15) is 10.1 Å². The lowest BCUT2D eigenvalue weighted by atomic mass is 10.0. The van der Waals surface area contributed by atoms with E-state index in [2.05, 4.69) is 15.5 Å². The van der Waals surface area contributed by atoms with Gasteiger partial charge in [0, 0.05) is 37.7 Å². The maximum Gasteiger partial charge on any atom is 0.272 e. The maximum atomic E-state index is 11.0. The van der Waals surface area contributed by atoms with Crippen molar-refractivity contribution in [1.82, 2.24) is 20.1 Å². The second kappa shape index (κ2) is 6.45. The number of nitrogens with zero attached hydrogens (tertiary/aromatic N) is 4. The number of nitrogens with one attached hydrogen (secondary N) is 1. The predicted octanol–water partition coefficient (Wildman–Crippen LogP) is 1.93. The average Bonchev–Trinajstić information content (AvgIpc) is 2.84. The maximum absolute atomic E-state index is 11.0. The van der Waals surface area contributed by atoms with Crippen LogP contribution >= 0.6 is 0 Å². The van der Waals surface area contributed by atoms with Gasteiger partial charge in [-0.15, -0.1) is 10.2 Å². The quantitative estimate of drug-likeness (QED) is 0.648. The van der Waals surface area contributed by atoms with Crippen molar-refractivity contribution >= 4 is 5.69 Å². The highest BCUT2D eigenvalue weighted by molar-refractivity contribution is 5.43. The summed E-state index contributed by atoms with van der Waals surface area (Å²) in [6.45, 7) is 4.47. The standard InChI is InChI=1S/C14H19N5O2/c1-10-4-5-12(8-13(10)19(20)21)11(2)15-7-6-14-17-16-9-18(14)3/h4-5,8-9,11,15H,6-7H2,1-3H3. The minimum absolute atomic E-state index is 0.0394. The van der Waals surface area contributed by atoms with Crippen LogP contribution in [0, 0.1) is 17.0 Å². The lowest BCUT2D eigenvalue weighted by Gasteiger charge is -2.14. The largest absolute Gasteiger partial charge is 0.321 e. The lowest BCUT2D eigenvalue weighted by Crippen LogP contribution is -2.22. The molecule has 112 valence electrons. The molecule has 0 spiro atoms. The van der Waals surface area contributed by atoms with Gasteiger partial charge in [0.15, 0.2) is 0 Å². The second-order valence-electron chi connectivity index (χ2n) is 5.09. The number of aromatic nitrogens is 3. The molecule has 0 amide bonds. The van der Waals surface area contributed by atoms with E-state index in [-0.39, 0.29) is 16.7 Å². The molecule has 1 aromatic heterocycles. The van der Waals surface area contributed by atoms with E-state index in [1.807, 2.05) is 24.6 Å². The van der Waals surface area contributed by atoms with E-state index < -0.39 is 0 Å². The van der Waals surface area contributed by atoms with Crippen LogP contribution in [0.2, 0.25) is 0 Å². The molecule has 1 aromatic carbocycles. The number of nitro groups is 1. The summed E-state index contributed by atoms with van der Waals surface area (Å²) in [6, 6.07) is 5.38. The van der Waals surface area contributed by atoms with Gasteiger partial charge >= 0.3 is 0 Å². The van der Waals surface area contributed by atoms with Crippen LogP contribution in [0.3, 0.4) is 0 Å². The van der Waals surface area contributed by atoms with Crippen LogP contribution in [0.25, 0.3) is 0 Å². The van der Waals surface area contributed by atoms with Crippen molar-refractivity contribution < 1.29 is 4.92 Å². The molecular formula is C14H19N5O2. The second-order valence-corrected chi connectivity index (χ2v) is 5.09. The van der Waals surface area contributed by atoms with Crippen LogP contribution in [0.1, 0.15) is 29.9 Å². The Morgan fingerprint density at radius 3 is 2.86 bits per heavy atom. The molecule has 2 rings (SSSR count). The van der Waals surface area contributed by atoms with Gasteiger partial charge in [0.05, 0.1) is 4.92 Å². The van der Waals surface area contributed by atoms with Crippen LogP contribution in [0.4, 0.5) is 5.69 Å². The van der Waals surface area contributed by atoms with E-state index in [1.165, 1.54) is 0 Å². The van der Waals surface area contributed by atoms with Gasteiger partial charge in [-0.1, -0.05) is 12.1 Å². The normalized spacial score (nSPS) is 12.3. The minimum atomic E-state index is -0.342. The summed E-state index contributed by atoms with van der Waals surface area (Å²) in [5.41, 5.74) is 1.75. The minimum Gasteiger partial charge on any atom is -0.321 e. The Labute approximate surface area is 123 Å². The fraction of sp³-hybridized carbons (Fsp3) is 0.429. The summed E-state index contributed by atoms with van der Waals surface area (Å²) in [5, 5.41) is 22.2. The summed E-state index contributed by atoms with van der Waals surface area (Å²) in [6.07, 6.45) is 2.43. The highest BCUT2D eigenvalue weighted by atomic mass is 16.6. The summed E-state index contributed by atoms with van der Waals surface area (Å²) in [7, 11) is 1.90. The molecule has 21 heavy (non-hydrogen) atoms. The Morgan fingerprint density at radius 2 is 2.24 bits per heavy atom. The van der Waals surface area contributed by atoms with Crippen molar-refractivity contribution in [3.05, 3.63) is 51.6 Å². The molecule has 1 atom stereocenters. The van der Waals surface area contributed by atoms with Crippen LogP contribution in [0.5, 0.6) is 0 Å². The summed E-state index contributed by atoms with van der Waals surface area (Å²) in [4.78, 5) is 10.6. The Balaban J connectivity index is 1.97. The fourth-order valence-electron chi connectivity index (χ4n) is 2.14. The van der Waals surface area contributed by atoms with E-state index in [0.717, 1.165) is 24.4 Å². The van der Waals surface area contributed by atoms with Crippen molar-refractivity contribution in [2.45, 2.75) is 26.3 Å². The zero-order valence-electron chi connectivity index (χ0n) is 12.4. The molecule has 1 unspecified atom stereocenters. The molecule has 0 aliphatic heterocycles. The first-order valence-corrected chi connectivity index (χ1v) is 6.80. The Bertz CT molecular complexity index is 638.